The number of halogens is 1. The number of aryl methyl sites for hydroxylation is 1. The highest BCUT2D eigenvalue weighted by Crippen LogP contribution is 2.21. The molecule has 2 aromatic carbocycles. The lowest BCUT2D eigenvalue weighted by Crippen LogP contribution is -2.20. The van der Waals surface area contributed by atoms with Gasteiger partial charge in [0.1, 0.15) is 6.61 Å². The molecule has 0 unspecified atom stereocenters. The number of nitrogens with one attached hydrogen (secondary N) is 1. The average molecular weight is 435 g/mol. The van der Waals surface area contributed by atoms with E-state index in [4.69, 9.17) is 4.74 Å². The van der Waals surface area contributed by atoms with Crippen molar-refractivity contribution >= 4 is 40.4 Å². The van der Waals surface area contributed by atoms with Gasteiger partial charge in [-0.15, -0.1) is 0 Å². The van der Waals surface area contributed by atoms with Crippen LogP contribution in [0.1, 0.15) is 37.4 Å². The largest absolute Gasteiger partial charge is 0.461 e. The fourth-order valence-corrected chi connectivity index (χ4v) is 2.94. The second-order valence-corrected chi connectivity index (χ2v) is 6.71. The van der Waals surface area contributed by atoms with Gasteiger partial charge in [0.25, 0.3) is 11.8 Å². The first kappa shape index (κ1) is 16.6. The summed E-state index contributed by atoms with van der Waals surface area (Å²) in [6.45, 7) is 2.17. The Morgan fingerprint density at radius 2 is 1.96 bits per heavy atom. The molecule has 0 saturated heterocycles. The maximum absolute atomic E-state index is 12.1. The maximum Gasteiger partial charge on any atom is 0.310 e. The minimum Gasteiger partial charge on any atom is -0.461 e. The van der Waals surface area contributed by atoms with E-state index in [1.165, 1.54) is 0 Å². The molecule has 24 heavy (non-hydrogen) atoms. The number of carbonyl (C=O) groups excluding carboxylic acids is 3. The second kappa shape index (κ2) is 6.72. The van der Waals surface area contributed by atoms with Gasteiger partial charge in [0.05, 0.1) is 17.5 Å². The minimum atomic E-state index is -0.466. The zero-order valence-corrected chi connectivity index (χ0v) is 15.0. The SMILES string of the molecule is Cc1cc(COC(=O)Cc2cccc3c2C(=O)NC3=O)ccc1I. The lowest BCUT2D eigenvalue weighted by atomic mass is 10.0. The average Bonchev–Trinajstić information content (AvgIpc) is 2.84. The second-order valence-electron chi connectivity index (χ2n) is 5.54. The number of benzene rings is 2. The van der Waals surface area contributed by atoms with E-state index in [0.717, 1.165) is 14.7 Å². The van der Waals surface area contributed by atoms with Crippen molar-refractivity contribution in [1.82, 2.24) is 5.32 Å². The van der Waals surface area contributed by atoms with Crippen LogP contribution >= 0.6 is 22.6 Å². The molecule has 122 valence electrons. The van der Waals surface area contributed by atoms with Crippen LogP contribution in [0.25, 0.3) is 0 Å². The summed E-state index contributed by atoms with van der Waals surface area (Å²) >= 11 is 2.24. The molecular formula is C18H14INO4. The van der Waals surface area contributed by atoms with Crippen molar-refractivity contribution in [2.24, 2.45) is 0 Å². The first-order valence-electron chi connectivity index (χ1n) is 7.34. The third-order valence-electron chi connectivity index (χ3n) is 3.81. The summed E-state index contributed by atoms with van der Waals surface area (Å²) in [6, 6.07) is 10.7. The van der Waals surface area contributed by atoms with Crippen LogP contribution < -0.4 is 5.32 Å². The van der Waals surface area contributed by atoms with Crippen LogP contribution in [0.3, 0.4) is 0 Å². The van der Waals surface area contributed by atoms with E-state index in [1.54, 1.807) is 18.2 Å². The van der Waals surface area contributed by atoms with Gasteiger partial charge in [-0.05, 0) is 58.3 Å². The predicted octanol–water partition coefficient (Wildman–Crippen LogP) is 2.77. The maximum atomic E-state index is 12.1. The van der Waals surface area contributed by atoms with Crippen LogP contribution in [-0.2, 0) is 22.6 Å². The fraction of sp³-hybridized carbons (Fsp3) is 0.167. The van der Waals surface area contributed by atoms with Gasteiger partial charge < -0.3 is 4.74 Å². The summed E-state index contributed by atoms with van der Waals surface area (Å²) in [4.78, 5) is 35.6. The van der Waals surface area contributed by atoms with Crippen molar-refractivity contribution in [2.75, 3.05) is 0 Å². The van der Waals surface area contributed by atoms with Gasteiger partial charge in [-0.2, -0.15) is 0 Å². The van der Waals surface area contributed by atoms with E-state index in [1.807, 2.05) is 25.1 Å². The van der Waals surface area contributed by atoms with E-state index < -0.39 is 17.8 Å². The summed E-state index contributed by atoms with van der Waals surface area (Å²) in [5.41, 5.74) is 3.11. The molecule has 5 nitrogen and oxygen atoms in total. The van der Waals surface area contributed by atoms with Gasteiger partial charge in [0.15, 0.2) is 0 Å². The number of fused-ring (bicyclic) bond motifs is 1. The van der Waals surface area contributed by atoms with Crippen molar-refractivity contribution in [3.63, 3.8) is 0 Å². The molecule has 0 atom stereocenters. The quantitative estimate of drug-likeness (QED) is 0.456. The lowest BCUT2D eigenvalue weighted by Gasteiger charge is -2.08. The van der Waals surface area contributed by atoms with Crippen LogP contribution in [0, 0.1) is 10.5 Å². The van der Waals surface area contributed by atoms with Crippen LogP contribution in [0.2, 0.25) is 0 Å². The molecule has 2 amide bonds. The van der Waals surface area contributed by atoms with E-state index in [0.29, 0.717) is 11.1 Å². The summed E-state index contributed by atoms with van der Waals surface area (Å²) < 4.78 is 6.44. The van der Waals surface area contributed by atoms with E-state index >= 15 is 0 Å². The molecule has 2 aromatic rings. The van der Waals surface area contributed by atoms with Gasteiger partial charge >= 0.3 is 5.97 Å². The third kappa shape index (κ3) is 3.33. The number of rotatable bonds is 4. The number of carbonyl (C=O) groups is 3. The van der Waals surface area contributed by atoms with Gasteiger partial charge in [-0.25, -0.2) is 0 Å². The summed E-state index contributed by atoms with van der Waals surface area (Å²) in [6.07, 6.45) is -0.0484. The number of imide groups is 1. The molecule has 1 aliphatic heterocycles. The predicted molar refractivity (Wildman–Crippen MR) is 95.6 cm³/mol. The number of hydrogen-bond donors (Lipinski definition) is 1. The van der Waals surface area contributed by atoms with Crippen molar-refractivity contribution in [3.05, 3.63) is 67.8 Å². The molecule has 0 saturated carbocycles. The number of esters is 1. The Morgan fingerprint density at radius 3 is 2.71 bits per heavy atom. The molecule has 1 heterocycles. The Morgan fingerprint density at radius 1 is 1.17 bits per heavy atom. The van der Waals surface area contributed by atoms with Gasteiger partial charge in [-0.3, -0.25) is 19.7 Å². The van der Waals surface area contributed by atoms with Crippen LogP contribution in [0.5, 0.6) is 0 Å². The van der Waals surface area contributed by atoms with Gasteiger partial charge in [0, 0.05) is 3.57 Å². The normalized spacial score (nSPS) is 12.8. The van der Waals surface area contributed by atoms with Gasteiger partial charge in [0.2, 0.25) is 0 Å². The Kier molecular flexibility index (Phi) is 4.66. The molecule has 0 aromatic heterocycles. The molecule has 0 bridgehead atoms. The monoisotopic (exact) mass is 435 g/mol. The highest BCUT2D eigenvalue weighted by Gasteiger charge is 2.29. The molecule has 0 aliphatic carbocycles. The van der Waals surface area contributed by atoms with Crippen LogP contribution in [0.15, 0.2) is 36.4 Å². The van der Waals surface area contributed by atoms with E-state index in [2.05, 4.69) is 27.9 Å². The van der Waals surface area contributed by atoms with Crippen molar-refractivity contribution < 1.29 is 19.1 Å². The Balaban J connectivity index is 1.69. The first-order chi connectivity index (χ1) is 11.5. The standard InChI is InChI=1S/C18H14INO4/c1-10-7-11(5-6-14(10)19)9-24-15(21)8-12-3-2-4-13-16(12)18(23)20-17(13)22/h2-7H,8-9H2,1H3,(H,20,22,23). The molecule has 3 rings (SSSR count). The zero-order valence-electron chi connectivity index (χ0n) is 12.9. The topological polar surface area (TPSA) is 72.5 Å². The Hall–Kier alpha value is -2.22. The number of hydrogen-bond acceptors (Lipinski definition) is 4. The minimum absolute atomic E-state index is 0.0484. The summed E-state index contributed by atoms with van der Waals surface area (Å²) in [5, 5.41) is 2.23. The number of amides is 2. The number of ether oxygens (including phenoxy) is 1. The molecule has 0 fully saturated rings. The van der Waals surface area contributed by atoms with E-state index in [9.17, 15) is 14.4 Å². The van der Waals surface area contributed by atoms with Crippen molar-refractivity contribution in [2.45, 2.75) is 20.0 Å². The van der Waals surface area contributed by atoms with Crippen molar-refractivity contribution in [3.8, 4) is 0 Å². The zero-order chi connectivity index (χ0) is 17.3. The Labute approximate surface area is 152 Å². The molecule has 1 N–H and O–H groups in total. The molecule has 0 radical (unpaired) electrons. The molecule has 0 spiro atoms. The molecule has 1 aliphatic rings. The first-order valence-corrected chi connectivity index (χ1v) is 8.42. The van der Waals surface area contributed by atoms with Crippen LogP contribution in [0.4, 0.5) is 0 Å². The smallest absolute Gasteiger partial charge is 0.310 e. The van der Waals surface area contributed by atoms with E-state index in [-0.39, 0.29) is 18.6 Å². The van der Waals surface area contributed by atoms with Crippen molar-refractivity contribution in [1.29, 1.82) is 0 Å². The Bertz CT molecular complexity index is 860. The molecular weight excluding hydrogens is 421 g/mol. The van der Waals surface area contributed by atoms with Gasteiger partial charge in [-0.1, -0.05) is 24.3 Å². The highest BCUT2D eigenvalue weighted by molar-refractivity contribution is 14.1. The van der Waals surface area contributed by atoms with Crippen LogP contribution in [-0.4, -0.2) is 17.8 Å². The fourth-order valence-electron chi connectivity index (χ4n) is 2.60. The third-order valence-corrected chi connectivity index (χ3v) is 5.02. The summed E-state index contributed by atoms with van der Waals surface area (Å²) in [5.74, 6) is -1.34. The highest BCUT2D eigenvalue weighted by atomic mass is 127. The lowest BCUT2D eigenvalue weighted by molar-refractivity contribution is -0.144. The molecule has 6 heteroatoms. The summed E-state index contributed by atoms with van der Waals surface area (Å²) in [7, 11) is 0.